The van der Waals surface area contributed by atoms with Crippen LogP contribution >= 0.6 is 11.6 Å². The van der Waals surface area contributed by atoms with Crippen LogP contribution in [0.3, 0.4) is 0 Å². The highest BCUT2D eigenvalue weighted by molar-refractivity contribution is 6.17. The fourth-order valence-corrected chi connectivity index (χ4v) is 2.08. The molecule has 0 N–H and O–H groups in total. The Hall–Kier alpha value is -0.480. The van der Waals surface area contributed by atoms with Crippen molar-refractivity contribution >= 4 is 17.6 Å². The summed E-state index contributed by atoms with van der Waals surface area (Å²) in [5.74, 6) is 0.136. The molecule has 0 aromatic heterocycles. The van der Waals surface area contributed by atoms with Gasteiger partial charge in [0.2, 0.25) is 0 Å². The monoisotopic (exact) mass is 442 g/mol. The second kappa shape index (κ2) is 20.8. The lowest BCUT2D eigenvalue weighted by atomic mass is 10.2. The quantitative estimate of drug-likeness (QED) is 0.152. The molecule has 0 aliphatic heterocycles. The average molecular weight is 443 g/mol. The van der Waals surface area contributed by atoms with Crippen molar-refractivity contribution < 1.29 is 38.0 Å². The van der Waals surface area contributed by atoms with E-state index in [4.69, 9.17) is 44.8 Å². The topological polar surface area (TPSA) is 81.7 Å². The van der Waals surface area contributed by atoms with Crippen LogP contribution in [-0.2, 0) is 38.0 Å². The van der Waals surface area contributed by atoms with Crippen LogP contribution in [0, 0.1) is 0 Å². The number of carbonyl (C=O) groups excluding carboxylic acids is 1. The molecule has 0 radical (unpaired) electrons. The van der Waals surface area contributed by atoms with Gasteiger partial charge >= 0.3 is 5.97 Å². The Bertz CT molecular complexity index is 363. The summed E-state index contributed by atoms with van der Waals surface area (Å²) in [4.78, 5) is 11.4. The highest BCUT2D eigenvalue weighted by Gasteiger charge is 2.15. The molecule has 0 aromatic rings. The molecule has 0 unspecified atom stereocenters. The minimum atomic E-state index is -0.491. The molecule has 9 heteroatoms. The standard InChI is InChI=1S/C20H39ClO8/c1-20(2,3)29-19(22)18-28-17-16-27-14-11-24-8-5-4-7-23-10-13-26-15-12-25-9-6-21/h4-18H2,1-3H3. The van der Waals surface area contributed by atoms with Gasteiger partial charge in [0, 0.05) is 19.1 Å². The maximum atomic E-state index is 11.4. The summed E-state index contributed by atoms with van der Waals surface area (Å²) < 4.78 is 37.2. The molecule has 174 valence electrons. The minimum absolute atomic E-state index is 0.0612. The van der Waals surface area contributed by atoms with E-state index in [9.17, 15) is 4.79 Å². The molecular weight excluding hydrogens is 404 g/mol. The number of unbranched alkanes of at least 4 members (excludes halogenated alkanes) is 1. The van der Waals surface area contributed by atoms with E-state index in [1.807, 2.05) is 20.8 Å². The Morgan fingerprint density at radius 2 is 1.00 bits per heavy atom. The van der Waals surface area contributed by atoms with E-state index < -0.39 is 5.60 Å². The van der Waals surface area contributed by atoms with E-state index in [0.717, 1.165) is 12.8 Å². The fourth-order valence-electron chi connectivity index (χ4n) is 1.97. The smallest absolute Gasteiger partial charge is 0.332 e. The highest BCUT2D eigenvalue weighted by atomic mass is 35.5. The van der Waals surface area contributed by atoms with E-state index >= 15 is 0 Å². The van der Waals surface area contributed by atoms with Crippen LogP contribution in [-0.4, -0.2) is 96.7 Å². The van der Waals surface area contributed by atoms with Crippen molar-refractivity contribution in [1.82, 2.24) is 0 Å². The van der Waals surface area contributed by atoms with Gasteiger partial charge in [-0.1, -0.05) is 0 Å². The zero-order valence-electron chi connectivity index (χ0n) is 18.3. The minimum Gasteiger partial charge on any atom is -0.458 e. The molecular formula is C20H39ClO8. The van der Waals surface area contributed by atoms with Crippen molar-refractivity contribution in [3.8, 4) is 0 Å². The van der Waals surface area contributed by atoms with Crippen molar-refractivity contribution in [2.75, 3.05) is 85.2 Å². The molecule has 0 bridgehead atoms. The first-order chi connectivity index (χ1) is 14.0. The van der Waals surface area contributed by atoms with Gasteiger partial charge in [-0.05, 0) is 33.6 Å². The predicted octanol–water partition coefficient (Wildman–Crippen LogP) is 2.45. The Morgan fingerprint density at radius 3 is 1.41 bits per heavy atom. The summed E-state index contributed by atoms with van der Waals surface area (Å²) in [5, 5.41) is 0. The molecule has 0 rings (SSSR count). The number of halogens is 1. The lowest BCUT2D eigenvalue weighted by Gasteiger charge is -2.19. The van der Waals surface area contributed by atoms with Crippen LogP contribution in [0.2, 0.25) is 0 Å². The molecule has 0 aliphatic carbocycles. The van der Waals surface area contributed by atoms with E-state index in [2.05, 4.69) is 0 Å². The van der Waals surface area contributed by atoms with Crippen LogP contribution < -0.4 is 0 Å². The third-order valence-corrected chi connectivity index (χ3v) is 3.33. The van der Waals surface area contributed by atoms with Crippen LogP contribution in [0.25, 0.3) is 0 Å². The van der Waals surface area contributed by atoms with Crippen molar-refractivity contribution in [1.29, 1.82) is 0 Å². The van der Waals surface area contributed by atoms with Crippen LogP contribution in [0.1, 0.15) is 33.6 Å². The first kappa shape index (κ1) is 28.5. The maximum absolute atomic E-state index is 11.4. The summed E-state index contributed by atoms with van der Waals surface area (Å²) in [7, 11) is 0. The number of esters is 1. The SMILES string of the molecule is CC(C)(C)OC(=O)COCCOCCOCCCCOCCOCCOCCCl. The van der Waals surface area contributed by atoms with Crippen molar-refractivity contribution in [2.45, 2.75) is 39.2 Å². The summed E-state index contributed by atoms with van der Waals surface area (Å²) in [5.41, 5.74) is -0.491. The van der Waals surface area contributed by atoms with Gasteiger partial charge in [0.05, 0.1) is 59.5 Å². The second-order valence-electron chi connectivity index (χ2n) is 7.10. The van der Waals surface area contributed by atoms with Gasteiger partial charge in [-0.15, -0.1) is 11.6 Å². The number of carbonyl (C=O) groups is 1. The first-order valence-corrected chi connectivity index (χ1v) is 10.7. The highest BCUT2D eigenvalue weighted by Crippen LogP contribution is 2.06. The molecule has 0 atom stereocenters. The van der Waals surface area contributed by atoms with Gasteiger partial charge in [0.15, 0.2) is 0 Å². The van der Waals surface area contributed by atoms with Gasteiger partial charge < -0.3 is 33.2 Å². The molecule has 0 amide bonds. The average Bonchev–Trinajstić information content (AvgIpc) is 2.65. The van der Waals surface area contributed by atoms with Gasteiger partial charge in [-0.25, -0.2) is 4.79 Å². The third-order valence-electron chi connectivity index (χ3n) is 3.18. The molecule has 0 saturated heterocycles. The normalized spacial score (nSPS) is 11.7. The number of hydrogen-bond acceptors (Lipinski definition) is 8. The van der Waals surface area contributed by atoms with Crippen LogP contribution in [0.5, 0.6) is 0 Å². The summed E-state index contributed by atoms with van der Waals surface area (Å²) >= 11 is 5.49. The molecule has 0 aromatic carbocycles. The zero-order chi connectivity index (χ0) is 21.6. The zero-order valence-corrected chi connectivity index (χ0v) is 19.0. The number of alkyl halides is 1. The van der Waals surface area contributed by atoms with Crippen LogP contribution in [0.15, 0.2) is 0 Å². The molecule has 0 aliphatic rings. The maximum Gasteiger partial charge on any atom is 0.332 e. The molecule has 0 spiro atoms. The molecule has 0 heterocycles. The van der Waals surface area contributed by atoms with Gasteiger partial charge in [-0.2, -0.15) is 0 Å². The van der Waals surface area contributed by atoms with E-state index in [1.54, 1.807) is 0 Å². The van der Waals surface area contributed by atoms with E-state index in [-0.39, 0.29) is 12.6 Å². The van der Waals surface area contributed by atoms with E-state index in [0.29, 0.717) is 78.6 Å². The molecule has 0 saturated carbocycles. The van der Waals surface area contributed by atoms with Gasteiger partial charge in [0.25, 0.3) is 0 Å². The largest absolute Gasteiger partial charge is 0.458 e. The number of hydrogen-bond donors (Lipinski definition) is 0. The number of ether oxygens (including phenoxy) is 7. The summed E-state index contributed by atoms with van der Waals surface area (Å²) in [6.07, 6.45) is 1.88. The molecule has 0 fully saturated rings. The molecule has 8 nitrogen and oxygen atoms in total. The Morgan fingerprint density at radius 1 is 0.621 bits per heavy atom. The summed E-state index contributed by atoms with van der Waals surface area (Å²) in [6, 6.07) is 0. The van der Waals surface area contributed by atoms with Gasteiger partial charge in [-0.3, -0.25) is 0 Å². The lowest BCUT2D eigenvalue weighted by Crippen LogP contribution is -2.27. The van der Waals surface area contributed by atoms with E-state index in [1.165, 1.54) is 0 Å². The Kier molecular flexibility index (Phi) is 20.4. The second-order valence-corrected chi connectivity index (χ2v) is 7.47. The molecule has 29 heavy (non-hydrogen) atoms. The number of rotatable bonds is 21. The first-order valence-electron chi connectivity index (χ1n) is 10.2. The summed E-state index contributed by atoms with van der Waals surface area (Å²) in [6.45, 7) is 11.4. The van der Waals surface area contributed by atoms with Crippen molar-refractivity contribution in [3.63, 3.8) is 0 Å². The van der Waals surface area contributed by atoms with Crippen LogP contribution in [0.4, 0.5) is 0 Å². The lowest BCUT2D eigenvalue weighted by molar-refractivity contribution is -0.160. The fraction of sp³-hybridized carbons (Fsp3) is 0.950. The Balaban J connectivity index is 3.11. The van der Waals surface area contributed by atoms with Crippen molar-refractivity contribution in [3.05, 3.63) is 0 Å². The predicted molar refractivity (Wildman–Crippen MR) is 111 cm³/mol. The Labute approximate surface area is 180 Å². The van der Waals surface area contributed by atoms with Gasteiger partial charge in [0.1, 0.15) is 12.2 Å². The third kappa shape index (κ3) is 25.5. The van der Waals surface area contributed by atoms with Crippen molar-refractivity contribution in [2.24, 2.45) is 0 Å².